The summed E-state index contributed by atoms with van der Waals surface area (Å²) in [6.07, 6.45) is 0. The maximum Gasteiger partial charge on any atom is 0.279 e. The van der Waals surface area contributed by atoms with Crippen LogP contribution in [0.2, 0.25) is 0 Å². The molecule has 0 bridgehead atoms. The van der Waals surface area contributed by atoms with Gasteiger partial charge in [-0.1, -0.05) is 28.1 Å². The summed E-state index contributed by atoms with van der Waals surface area (Å²) in [6.45, 7) is 0. The fourth-order valence-corrected chi connectivity index (χ4v) is 2.97. The molecule has 27 heavy (non-hydrogen) atoms. The molecule has 7 nitrogen and oxygen atoms in total. The molecule has 0 aliphatic rings. The first-order valence-corrected chi connectivity index (χ1v) is 8.74. The molecule has 8 heteroatoms. The summed E-state index contributed by atoms with van der Waals surface area (Å²) in [4.78, 5) is 13.1. The molecule has 0 saturated carbocycles. The molecule has 0 radical (unpaired) electrons. The first-order chi connectivity index (χ1) is 13.0. The predicted octanol–water partition coefficient (Wildman–Crippen LogP) is 3.61. The molecule has 0 atom stereocenters. The van der Waals surface area contributed by atoms with E-state index in [2.05, 4.69) is 21.0 Å². The third-order valence-corrected chi connectivity index (χ3v) is 4.50. The smallest absolute Gasteiger partial charge is 0.279 e. The van der Waals surface area contributed by atoms with Crippen molar-refractivity contribution in [3.63, 3.8) is 0 Å². The molecule has 3 rings (SSSR count). The largest absolute Gasteiger partial charge is 0.493 e. The van der Waals surface area contributed by atoms with Gasteiger partial charge in [-0.15, -0.1) is 5.10 Å². The Labute approximate surface area is 164 Å². The number of methoxy groups -OCH3 is 3. The van der Waals surface area contributed by atoms with Crippen LogP contribution in [-0.4, -0.2) is 37.0 Å². The Morgan fingerprint density at radius 2 is 1.59 bits per heavy atom. The van der Waals surface area contributed by atoms with Gasteiger partial charge in [-0.25, -0.2) is 0 Å². The fourth-order valence-electron chi connectivity index (χ4n) is 2.71. The summed E-state index contributed by atoms with van der Waals surface area (Å²) in [6, 6.07) is 12.3. The van der Waals surface area contributed by atoms with Crippen LogP contribution in [0.3, 0.4) is 0 Å². The van der Waals surface area contributed by atoms with Gasteiger partial charge in [-0.3, -0.25) is 4.79 Å². The number of benzene rings is 2. The van der Waals surface area contributed by atoms with Crippen molar-refractivity contribution in [3.05, 3.63) is 52.5 Å². The minimum absolute atomic E-state index is 0.244. The van der Waals surface area contributed by atoms with Gasteiger partial charge in [0.15, 0.2) is 11.5 Å². The van der Waals surface area contributed by atoms with E-state index in [1.54, 1.807) is 18.2 Å². The number of rotatable bonds is 5. The van der Waals surface area contributed by atoms with Crippen molar-refractivity contribution in [1.29, 1.82) is 0 Å². The second-order valence-corrected chi connectivity index (χ2v) is 6.51. The predicted molar refractivity (Wildman–Crippen MR) is 106 cm³/mol. The van der Waals surface area contributed by atoms with Crippen molar-refractivity contribution in [2.75, 3.05) is 27.1 Å². The van der Waals surface area contributed by atoms with Crippen LogP contribution in [0.15, 0.2) is 46.9 Å². The Morgan fingerprint density at radius 1 is 1.00 bits per heavy atom. The van der Waals surface area contributed by atoms with Gasteiger partial charge >= 0.3 is 0 Å². The van der Waals surface area contributed by atoms with Crippen LogP contribution in [-0.2, 0) is 0 Å². The highest BCUT2D eigenvalue weighted by atomic mass is 79.9. The van der Waals surface area contributed by atoms with Gasteiger partial charge < -0.3 is 19.9 Å². The van der Waals surface area contributed by atoms with Crippen LogP contribution >= 0.6 is 15.9 Å². The summed E-state index contributed by atoms with van der Waals surface area (Å²) in [7, 11) is 4.48. The summed E-state index contributed by atoms with van der Waals surface area (Å²) in [5.74, 6) is 1.04. The molecule has 0 unspecified atom stereocenters. The molecule has 0 aliphatic carbocycles. The normalized spacial score (nSPS) is 10.5. The molecular formula is C19H18BrN3O4. The lowest BCUT2D eigenvalue weighted by atomic mass is 10.1. The van der Waals surface area contributed by atoms with E-state index < -0.39 is 0 Å². The number of carbonyl (C=O) groups is 1. The third kappa shape index (κ3) is 3.61. The number of anilines is 1. The Morgan fingerprint density at radius 3 is 2.11 bits per heavy atom. The lowest BCUT2D eigenvalue weighted by molar-refractivity contribution is 0.0946. The molecule has 0 fully saturated rings. The van der Waals surface area contributed by atoms with Crippen LogP contribution in [0.25, 0.3) is 11.3 Å². The van der Waals surface area contributed by atoms with Gasteiger partial charge in [0.25, 0.3) is 5.91 Å². The van der Waals surface area contributed by atoms with Crippen LogP contribution in [0.4, 0.5) is 5.82 Å². The van der Waals surface area contributed by atoms with Crippen molar-refractivity contribution >= 4 is 27.7 Å². The van der Waals surface area contributed by atoms with E-state index in [0.29, 0.717) is 28.5 Å². The number of carbonyl (C=O) groups excluding carboxylic acids is 1. The first-order valence-electron chi connectivity index (χ1n) is 7.94. The Kier molecular flexibility index (Phi) is 5.36. The molecule has 1 aromatic heterocycles. The SMILES string of the molecule is COc1cc(C(=O)n2nc(N)cc2-c2ccc(Br)cc2)cc(OC)c1OC. The van der Waals surface area contributed by atoms with Crippen LogP contribution in [0, 0.1) is 0 Å². The maximum absolute atomic E-state index is 13.1. The number of hydrogen-bond donors (Lipinski definition) is 1. The van der Waals surface area contributed by atoms with Gasteiger partial charge in [0.2, 0.25) is 5.75 Å². The number of nitrogen functional groups attached to an aromatic ring is 1. The fraction of sp³-hybridized carbons (Fsp3) is 0.158. The van der Waals surface area contributed by atoms with E-state index in [1.807, 2.05) is 24.3 Å². The van der Waals surface area contributed by atoms with Gasteiger partial charge in [0.05, 0.1) is 27.0 Å². The van der Waals surface area contributed by atoms with Crippen LogP contribution in [0.1, 0.15) is 10.4 Å². The molecule has 0 saturated heterocycles. The van der Waals surface area contributed by atoms with Crippen molar-refractivity contribution in [3.8, 4) is 28.5 Å². The number of halogens is 1. The molecule has 0 spiro atoms. The van der Waals surface area contributed by atoms with Gasteiger partial charge in [0.1, 0.15) is 5.82 Å². The first kappa shape index (κ1) is 18.8. The van der Waals surface area contributed by atoms with Crippen molar-refractivity contribution in [2.24, 2.45) is 0 Å². The number of nitrogens with zero attached hydrogens (tertiary/aromatic N) is 2. The lowest BCUT2D eigenvalue weighted by Crippen LogP contribution is -2.15. The highest BCUT2D eigenvalue weighted by molar-refractivity contribution is 9.10. The minimum atomic E-state index is -0.371. The van der Waals surface area contributed by atoms with Gasteiger partial charge in [-0.05, 0) is 24.3 Å². The molecular weight excluding hydrogens is 414 g/mol. The number of nitrogens with two attached hydrogens (primary N) is 1. The number of aromatic nitrogens is 2. The van der Waals surface area contributed by atoms with Crippen LogP contribution < -0.4 is 19.9 Å². The molecule has 140 valence electrons. The molecule has 2 N–H and O–H groups in total. The maximum atomic E-state index is 13.1. The zero-order valence-corrected chi connectivity index (χ0v) is 16.6. The second kappa shape index (κ2) is 7.71. The average Bonchev–Trinajstić information content (AvgIpc) is 3.08. The second-order valence-electron chi connectivity index (χ2n) is 5.59. The average molecular weight is 432 g/mol. The molecule has 0 aliphatic heterocycles. The van der Waals surface area contributed by atoms with Crippen molar-refractivity contribution in [2.45, 2.75) is 0 Å². The van der Waals surface area contributed by atoms with Crippen molar-refractivity contribution < 1.29 is 19.0 Å². The Bertz CT molecular complexity index is 958. The summed E-state index contributed by atoms with van der Waals surface area (Å²) in [5.41, 5.74) is 7.57. The highest BCUT2D eigenvalue weighted by Gasteiger charge is 2.21. The zero-order valence-electron chi connectivity index (χ0n) is 15.0. The monoisotopic (exact) mass is 431 g/mol. The van der Waals surface area contributed by atoms with E-state index >= 15 is 0 Å². The van der Waals surface area contributed by atoms with E-state index in [4.69, 9.17) is 19.9 Å². The standard InChI is InChI=1S/C19H18BrN3O4/c1-25-15-8-12(9-16(26-2)18(15)27-3)19(24)23-14(10-17(21)22-23)11-4-6-13(20)7-5-11/h4-10H,1-3H3,(H2,21,22). The van der Waals surface area contributed by atoms with E-state index in [9.17, 15) is 4.79 Å². The molecule has 3 aromatic rings. The summed E-state index contributed by atoms with van der Waals surface area (Å²) in [5, 5.41) is 4.16. The number of ether oxygens (including phenoxy) is 3. The van der Waals surface area contributed by atoms with Gasteiger partial charge in [-0.2, -0.15) is 4.68 Å². The highest BCUT2D eigenvalue weighted by Crippen LogP contribution is 2.38. The zero-order chi connectivity index (χ0) is 19.6. The Hall–Kier alpha value is -3.00. The summed E-state index contributed by atoms with van der Waals surface area (Å²) >= 11 is 3.40. The van der Waals surface area contributed by atoms with Crippen LogP contribution in [0.5, 0.6) is 17.2 Å². The van der Waals surface area contributed by atoms with Crippen molar-refractivity contribution in [1.82, 2.24) is 9.78 Å². The lowest BCUT2D eigenvalue weighted by Gasteiger charge is -2.14. The van der Waals surface area contributed by atoms with E-state index in [-0.39, 0.29) is 11.7 Å². The third-order valence-electron chi connectivity index (χ3n) is 3.97. The minimum Gasteiger partial charge on any atom is -0.493 e. The molecule has 1 heterocycles. The molecule has 0 amide bonds. The van der Waals surface area contributed by atoms with Gasteiger partial charge in [0, 0.05) is 21.7 Å². The quantitative estimate of drug-likeness (QED) is 0.663. The Balaban J connectivity index is 2.11. The summed E-state index contributed by atoms with van der Waals surface area (Å²) < 4.78 is 18.1. The van der Waals surface area contributed by atoms with E-state index in [1.165, 1.54) is 26.0 Å². The van der Waals surface area contributed by atoms with E-state index in [0.717, 1.165) is 10.0 Å². The topological polar surface area (TPSA) is 88.6 Å². The number of hydrogen-bond acceptors (Lipinski definition) is 6. The molecule has 2 aromatic carbocycles.